The van der Waals surface area contributed by atoms with E-state index >= 15 is 0 Å². The van der Waals surface area contributed by atoms with Gasteiger partial charge in [-0.05, 0) is 55.5 Å². The first kappa shape index (κ1) is 42.1. The number of nitrogens with zero attached hydrogens (tertiary/aromatic N) is 1. The van der Waals surface area contributed by atoms with E-state index in [1.54, 1.807) is 47.4 Å². The Hall–Kier alpha value is -4.68. The number of benzene rings is 2. The molecule has 2 aromatic rings. The second-order valence-corrected chi connectivity index (χ2v) is 14.3. The number of nitrogens with one attached hydrogen (secondary N) is 7. The number of amides is 7. The smallest absolute Gasteiger partial charge is 0.410 e. The van der Waals surface area contributed by atoms with Crippen molar-refractivity contribution in [2.75, 3.05) is 31.5 Å². The summed E-state index contributed by atoms with van der Waals surface area (Å²) in [6, 6.07) is 7.94. The third-order valence-corrected chi connectivity index (χ3v) is 9.83. The third-order valence-electron chi connectivity index (χ3n) is 9.20. The second-order valence-electron chi connectivity index (χ2n) is 13.5. The summed E-state index contributed by atoms with van der Waals surface area (Å²) in [4.78, 5) is 77.2. The molecule has 12 N–H and O–H groups in total. The molecule has 0 bridgehead atoms. The van der Waals surface area contributed by atoms with Gasteiger partial charge < -0.3 is 47.7 Å². The minimum Gasteiger partial charge on any atom is -0.445 e. The molecule has 2 fully saturated rings. The molecule has 19 heteroatoms. The minimum absolute atomic E-state index is 0.00221. The van der Waals surface area contributed by atoms with Crippen LogP contribution in [0.15, 0.2) is 42.5 Å². The van der Waals surface area contributed by atoms with Crippen LogP contribution >= 0.6 is 23.2 Å². The molecule has 0 spiro atoms. The average Bonchev–Trinajstić information content (AvgIpc) is 3.60. The van der Waals surface area contributed by atoms with E-state index in [0.717, 1.165) is 0 Å². The van der Waals surface area contributed by atoms with Gasteiger partial charge in [-0.25, -0.2) is 15.0 Å². The van der Waals surface area contributed by atoms with E-state index in [1.807, 2.05) is 13.8 Å². The first-order valence-corrected chi connectivity index (χ1v) is 18.5. The first-order chi connectivity index (χ1) is 25.7. The standard InChI is InChI=1S/C35H48Cl2N10O7/c1-19(2)28(38)32(50)44-25(7-4-14-40-34(39)52)30(48)42-21-10-8-20(9-11-21)18-54-35(53)47-15-12-22(13-16-47)43-33(51)29-26(17-41-46-29)45-31(49)27-23(36)5-3-6-24(27)37/h3,5-6,8-11,19,22,25-26,28-29,41,46H,4,7,12-18,38H2,1-2H3,(H,42,48)(H,43,51)(H,44,50)(H,45,49)(H3,39,40,52)/p+1/t25-,26?,28-,29?/m0/s1. The monoisotopic (exact) mass is 791 g/mol. The largest absolute Gasteiger partial charge is 0.445 e. The molecule has 17 nitrogen and oxygen atoms in total. The van der Waals surface area contributed by atoms with E-state index in [1.165, 1.54) is 0 Å². The van der Waals surface area contributed by atoms with Gasteiger partial charge in [-0.2, -0.15) is 0 Å². The Bertz CT molecular complexity index is 1640. The van der Waals surface area contributed by atoms with Gasteiger partial charge in [0.2, 0.25) is 11.8 Å². The number of carbonyl (C=O) groups excluding carboxylic acids is 6. The van der Waals surface area contributed by atoms with Gasteiger partial charge in [-0.1, -0.05) is 55.2 Å². The van der Waals surface area contributed by atoms with Crippen molar-refractivity contribution in [3.63, 3.8) is 0 Å². The molecule has 4 rings (SSSR count). The highest BCUT2D eigenvalue weighted by Gasteiger charge is 2.36. The fourth-order valence-corrected chi connectivity index (χ4v) is 6.42. The van der Waals surface area contributed by atoms with E-state index in [-0.39, 0.29) is 59.0 Å². The molecule has 54 heavy (non-hydrogen) atoms. The number of anilines is 1. The van der Waals surface area contributed by atoms with Crippen molar-refractivity contribution < 1.29 is 39.2 Å². The maximum Gasteiger partial charge on any atom is 0.410 e. The van der Waals surface area contributed by atoms with Crippen LogP contribution in [0.1, 0.15) is 55.5 Å². The SMILES string of the molecule is CC(C)[C@H]([NH3+])C(=O)N[C@@H](CCCNC(N)=O)C(=O)Nc1ccc(COC(=O)N2CCC(NC(=O)C3NNCC3NC(=O)c3c(Cl)cccc3Cl)CC2)cc1. The summed E-state index contributed by atoms with van der Waals surface area (Å²) in [5, 5.41) is 14.3. The van der Waals surface area contributed by atoms with Gasteiger partial charge >= 0.3 is 12.1 Å². The van der Waals surface area contributed by atoms with Crippen molar-refractivity contribution in [1.82, 2.24) is 37.0 Å². The van der Waals surface area contributed by atoms with Gasteiger partial charge in [0.15, 0.2) is 6.04 Å². The molecule has 7 amide bonds. The summed E-state index contributed by atoms with van der Waals surface area (Å²) >= 11 is 12.3. The molecule has 0 radical (unpaired) electrons. The van der Waals surface area contributed by atoms with Crippen molar-refractivity contribution in [1.29, 1.82) is 0 Å². The molecule has 2 heterocycles. The van der Waals surface area contributed by atoms with Gasteiger partial charge in [0.05, 0.1) is 21.7 Å². The molecular weight excluding hydrogens is 743 g/mol. The van der Waals surface area contributed by atoms with E-state index in [4.69, 9.17) is 33.7 Å². The Morgan fingerprint density at radius 3 is 2.28 bits per heavy atom. The molecule has 2 aliphatic heterocycles. The molecule has 2 aromatic carbocycles. The van der Waals surface area contributed by atoms with Crippen LogP contribution in [0, 0.1) is 5.92 Å². The quantitative estimate of drug-likeness (QED) is 0.115. The Labute approximate surface area is 323 Å². The number of urea groups is 1. The number of primary amides is 1. The number of ether oxygens (including phenoxy) is 1. The van der Waals surface area contributed by atoms with Crippen LogP contribution in [0.3, 0.4) is 0 Å². The lowest BCUT2D eigenvalue weighted by molar-refractivity contribution is -0.414. The Kier molecular flexibility index (Phi) is 15.7. The summed E-state index contributed by atoms with van der Waals surface area (Å²) in [5.41, 5.74) is 16.1. The normalized spacial score (nSPS) is 18.3. The van der Waals surface area contributed by atoms with Crippen molar-refractivity contribution in [3.05, 3.63) is 63.6 Å². The van der Waals surface area contributed by atoms with Gasteiger partial charge in [0.25, 0.3) is 11.8 Å². The van der Waals surface area contributed by atoms with Crippen molar-refractivity contribution in [2.45, 2.75) is 76.3 Å². The lowest BCUT2D eigenvalue weighted by atomic mass is 10.0. The van der Waals surface area contributed by atoms with Crippen molar-refractivity contribution in [3.8, 4) is 0 Å². The van der Waals surface area contributed by atoms with E-state index in [0.29, 0.717) is 50.1 Å². The Balaban J connectivity index is 1.20. The fraction of sp³-hybridized carbons (Fsp3) is 0.486. The molecule has 0 aromatic heterocycles. The number of likely N-dealkylation sites (tertiary alicyclic amines) is 1. The van der Waals surface area contributed by atoms with Crippen LogP contribution in [0.4, 0.5) is 15.3 Å². The molecule has 4 atom stereocenters. The van der Waals surface area contributed by atoms with Crippen LogP contribution in [-0.2, 0) is 25.7 Å². The van der Waals surface area contributed by atoms with Crippen LogP contribution in [0.25, 0.3) is 0 Å². The minimum atomic E-state index is -0.866. The lowest BCUT2D eigenvalue weighted by Crippen LogP contribution is -2.70. The zero-order valence-electron chi connectivity index (χ0n) is 30.2. The predicted octanol–water partition coefficient (Wildman–Crippen LogP) is 0.624. The van der Waals surface area contributed by atoms with E-state index in [2.05, 4.69) is 43.2 Å². The van der Waals surface area contributed by atoms with Crippen LogP contribution < -0.4 is 48.9 Å². The highest BCUT2D eigenvalue weighted by Crippen LogP contribution is 2.24. The number of quaternary nitrogens is 1. The molecule has 2 aliphatic rings. The Morgan fingerprint density at radius 2 is 1.65 bits per heavy atom. The number of hydrogen-bond donors (Lipinski definition) is 9. The summed E-state index contributed by atoms with van der Waals surface area (Å²) in [7, 11) is 0. The van der Waals surface area contributed by atoms with Gasteiger partial charge in [-0.15, -0.1) is 0 Å². The first-order valence-electron chi connectivity index (χ1n) is 17.7. The number of hydrogen-bond acceptors (Lipinski definition) is 9. The van der Waals surface area contributed by atoms with Crippen molar-refractivity contribution in [2.24, 2.45) is 11.7 Å². The number of rotatable bonds is 15. The zero-order chi connectivity index (χ0) is 39.4. The maximum absolute atomic E-state index is 13.1. The summed E-state index contributed by atoms with van der Waals surface area (Å²) in [6.07, 6.45) is 1.20. The van der Waals surface area contributed by atoms with Gasteiger partial charge in [0.1, 0.15) is 18.7 Å². The fourth-order valence-electron chi connectivity index (χ4n) is 5.85. The molecule has 2 saturated heterocycles. The third kappa shape index (κ3) is 12.2. The summed E-state index contributed by atoms with van der Waals surface area (Å²) < 4.78 is 5.53. The topological polar surface area (TPSA) is 253 Å². The van der Waals surface area contributed by atoms with Crippen LogP contribution in [0.2, 0.25) is 10.0 Å². The molecule has 2 unspecified atom stereocenters. The highest BCUT2D eigenvalue weighted by atomic mass is 35.5. The zero-order valence-corrected chi connectivity index (χ0v) is 31.7. The van der Waals surface area contributed by atoms with Gasteiger partial charge in [0, 0.05) is 43.8 Å². The van der Waals surface area contributed by atoms with Crippen LogP contribution in [0.5, 0.6) is 0 Å². The lowest BCUT2D eigenvalue weighted by Gasteiger charge is -2.32. The second kappa shape index (κ2) is 20.1. The Morgan fingerprint density at radius 1 is 0.981 bits per heavy atom. The maximum atomic E-state index is 13.1. The van der Waals surface area contributed by atoms with E-state index in [9.17, 15) is 28.8 Å². The number of halogens is 2. The molecule has 0 aliphatic carbocycles. The predicted molar refractivity (Wildman–Crippen MR) is 201 cm³/mol. The summed E-state index contributed by atoms with van der Waals surface area (Å²) in [5.74, 6) is -1.59. The van der Waals surface area contributed by atoms with Crippen LogP contribution in [-0.4, -0.2) is 97.0 Å². The number of hydrazine groups is 1. The molecule has 294 valence electrons. The highest BCUT2D eigenvalue weighted by molar-refractivity contribution is 6.39. The molecular formula is C35H49Cl2N10O7+. The number of piperidine rings is 1. The van der Waals surface area contributed by atoms with Gasteiger partial charge in [-0.3, -0.25) is 24.6 Å². The summed E-state index contributed by atoms with van der Waals surface area (Å²) in [6.45, 7) is 5.03. The molecule has 0 saturated carbocycles. The van der Waals surface area contributed by atoms with Crippen molar-refractivity contribution >= 4 is 64.6 Å². The average molecular weight is 793 g/mol. The number of nitrogens with two attached hydrogens (primary N) is 1. The number of carbonyl (C=O) groups is 6. The van der Waals surface area contributed by atoms with E-state index < -0.39 is 48.1 Å².